The minimum Gasteiger partial charge on any atom is -0.379 e. The average molecular weight is 422 g/mol. The Bertz CT molecular complexity index is 948. The molecule has 7 heteroatoms. The summed E-state index contributed by atoms with van der Waals surface area (Å²) < 4.78 is 43.1. The van der Waals surface area contributed by atoms with Crippen molar-refractivity contribution in [3.8, 4) is 5.75 Å². The second-order valence-electron chi connectivity index (χ2n) is 8.49. The molecule has 0 aliphatic rings. The van der Waals surface area contributed by atoms with Gasteiger partial charge in [0.25, 0.3) is 0 Å². The van der Waals surface area contributed by atoms with E-state index in [0.29, 0.717) is 13.0 Å². The fraction of sp³-hybridized carbons (Fsp3) is 0.409. The van der Waals surface area contributed by atoms with Crippen LogP contribution in [0.15, 0.2) is 53.4 Å². The van der Waals surface area contributed by atoms with Gasteiger partial charge in [0.05, 0.1) is 0 Å². The van der Waals surface area contributed by atoms with Crippen LogP contribution in [0.5, 0.6) is 5.75 Å². The van der Waals surface area contributed by atoms with Gasteiger partial charge in [-0.25, -0.2) is 4.39 Å². The molecule has 5 nitrogen and oxygen atoms in total. The molecule has 2 aromatic rings. The van der Waals surface area contributed by atoms with Gasteiger partial charge < -0.3 is 9.08 Å². The molecule has 1 amide bonds. The smallest absolute Gasteiger partial charge is 0.339 e. The molecule has 0 aliphatic heterocycles. The van der Waals surface area contributed by atoms with Gasteiger partial charge in [-0.15, -0.1) is 0 Å². The Morgan fingerprint density at radius 2 is 1.72 bits per heavy atom. The lowest BCUT2D eigenvalue weighted by Crippen LogP contribution is -2.38. The lowest BCUT2D eigenvalue weighted by molar-refractivity contribution is -0.135. The van der Waals surface area contributed by atoms with Crippen LogP contribution in [0.4, 0.5) is 4.39 Å². The molecule has 2 aromatic carbocycles. The first-order valence-electron chi connectivity index (χ1n) is 9.46. The molecule has 0 N–H and O–H groups in total. The minimum absolute atomic E-state index is 0.00243. The number of carbonyl (C=O) groups is 1. The third-order valence-electron chi connectivity index (χ3n) is 4.18. The summed E-state index contributed by atoms with van der Waals surface area (Å²) in [5.74, 6) is -0.351. The van der Waals surface area contributed by atoms with Crippen molar-refractivity contribution in [2.75, 3.05) is 0 Å². The lowest BCUT2D eigenvalue weighted by Gasteiger charge is -2.30. The van der Waals surface area contributed by atoms with Gasteiger partial charge in [0, 0.05) is 19.0 Å². The molecule has 0 atom stereocenters. The van der Waals surface area contributed by atoms with Gasteiger partial charge in [0.2, 0.25) is 5.91 Å². The summed E-state index contributed by atoms with van der Waals surface area (Å²) in [5.41, 5.74) is 0.631. The molecule has 0 heterocycles. The SMILES string of the molecule is CC(C)N(Cc1cccc(OS(=O)(=O)c2ccc(F)cc2)c1)C(=O)CC(C)(C)C. The van der Waals surface area contributed by atoms with Crippen LogP contribution in [0, 0.1) is 11.2 Å². The molecule has 0 unspecified atom stereocenters. The van der Waals surface area contributed by atoms with E-state index in [1.807, 2.05) is 40.7 Å². The van der Waals surface area contributed by atoms with Crippen LogP contribution < -0.4 is 4.18 Å². The summed E-state index contributed by atoms with van der Waals surface area (Å²) in [5, 5.41) is 0. The molecule has 0 aliphatic carbocycles. The summed E-state index contributed by atoms with van der Waals surface area (Å²) in [6, 6.07) is 11.1. The van der Waals surface area contributed by atoms with Crippen molar-refractivity contribution in [3.05, 3.63) is 59.9 Å². The summed E-state index contributed by atoms with van der Waals surface area (Å²) in [6.07, 6.45) is 0.417. The number of hydrogen-bond acceptors (Lipinski definition) is 4. The van der Waals surface area contributed by atoms with E-state index in [2.05, 4.69) is 0 Å². The molecule has 29 heavy (non-hydrogen) atoms. The normalized spacial score (nSPS) is 12.1. The van der Waals surface area contributed by atoms with Crippen LogP contribution in [0.1, 0.15) is 46.6 Å². The highest BCUT2D eigenvalue weighted by Gasteiger charge is 2.23. The highest BCUT2D eigenvalue weighted by Crippen LogP contribution is 2.24. The molecule has 0 saturated carbocycles. The van der Waals surface area contributed by atoms with Gasteiger partial charge in [-0.2, -0.15) is 8.42 Å². The van der Waals surface area contributed by atoms with Gasteiger partial charge in [-0.05, 0) is 61.2 Å². The first kappa shape index (κ1) is 22.9. The standard InChI is InChI=1S/C22H28FNO4S/c1-16(2)24(21(25)14-22(3,4)5)15-17-7-6-8-19(13-17)28-29(26,27)20-11-9-18(23)10-12-20/h6-13,16H,14-15H2,1-5H3. The lowest BCUT2D eigenvalue weighted by atomic mass is 9.91. The Kier molecular flexibility index (Phi) is 7.06. The monoisotopic (exact) mass is 421 g/mol. The predicted octanol–water partition coefficient (Wildman–Crippen LogP) is 4.77. The summed E-state index contributed by atoms with van der Waals surface area (Å²) in [4.78, 5) is 14.3. The Morgan fingerprint density at radius 1 is 1.10 bits per heavy atom. The van der Waals surface area contributed by atoms with Crippen LogP contribution >= 0.6 is 0 Å². The molecule has 0 aromatic heterocycles. The third-order valence-corrected chi connectivity index (χ3v) is 5.45. The molecular weight excluding hydrogens is 393 g/mol. The number of benzene rings is 2. The van der Waals surface area contributed by atoms with Gasteiger partial charge in [-0.1, -0.05) is 32.9 Å². The van der Waals surface area contributed by atoms with Crippen molar-refractivity contribution < 1.29 is 21.8 Å². The predicted molar refractivity (Wildman–Crippen MR) is 110 cm³/mol. The molecular formula is C22H28FNO4S. The van der Waals surface area contributed by atoms with Crippen molar-refractivity contribution in [1.29, 1.82) is 0 Å². The number of rotatable bonds is 7. The quantitative estimate of drug-likeness (QED) is 0.604. The van der Waals surface area contributed by atoms with Crippen molar-refractivity contribution in [2.24, 2.45) is 5.41 Å². The maximum atomic E-state index is 13.0. The Hall–Kier alpha value is -2.41. The third kappa shape index (κ3) is 6.85. The largest absolute Gasteiger partial charge is 0.379 e. The van der Waals surface area contributed by atoms with Crippen molar-refractivity contribution in [2.45, 2.75) is 58.5 Å². The van der Waals surface area contributed by atoms with Crippen molar-refractivity contribution in [1.82, 2.24) is 4.90 Å². The fourth-order valence-electron chi connectivity index (χ4n) is 2.78. The van der Waals surface area contributed by atoms with E-state index >= 15 is 0 Å². The van der Waals surface area contributed by atoms with Crippen LogP contribution in [0.25, 0.3) is 0 Å². The Labute approximate surface area is 172 Å². The highest BCUT2D eigenvalue weighted by molar-refractivity contribution is 7.87. The minimum atomic E-state index is -4.08. The summed E-state index contributed by atoms with van der Waals surface area (Å²) >= 11 is 0. The fourth-order valence-corrected chi connectivity index (χ4v) is 3.71. The van der Waals surface area contributed by atoms with Gasteiger partial charge in [0.1, 0.15) is 16.5 Å². The molecule has 2 rings (SSSR count). The summed E-state index contributed by atoms with van der Waals surface area (Å²) in [7, 11) is -4.08. The Balaban J connectivity index is 2.19. The van der Waals surface area contributed by atoms with E-state index in [0.717, 1.165) is 29.8 Å². The zero-order valence-corrected chi connectivity index (χ0v) is 18.3. The number of carbonyl (C=O) groups excluding carboxylic acids is 1. The van der Waals surface area contributed by atoms with Crippen molar-refractivity contribution in [3.63, 3.8) is 0 Å². The topological polar surface area (TPSA) is 63.7 Å². The van der Waals surface area contributed by atoms with E-state index < -0.39 is 15.9 Å². The van der Waals surface area contributed by atoms with Gasteiger partial charge in [0.15, 0.2) is 0 Å². The van der Waals surface area contributed by atoms with Crippen LogP contribution in [0.2, 0.25) is 0 Å². The maximum absolute atomic E-state index is 13.0. The van der Waals surface area contributed by atoms with Crippen LogP contribution in [-0.4, -0.2) is 25.3 Å². The average Bonchev–Trinajstić information content (AvgIpc) is 2.58. The number of nitrogens with zero attached hydrogens (tertiary/aromatic N) is 1. The van der Waals surface area contributed by atoms with E-state index in [-0.39, 0.29) is 28.0 Å². The highest BCUT2D eigenvalue weighted by atomic mass is 32.2. The number of halogens is 1. The van der Waals surface area contributed by atoms with Crippen molar-refractivity contribution >= 4 is 16.0 Å². The van der Waals surface area contributed by atoms with Crippen LogP contribution in [0.3, 0.4) is 0 Å². The molecule has 0 bridgehead atoms. The first-order valence-corrected chi connectivity index (χ1v) is 10.9. The zero-order chi connectivity index (χ0) is 21.8. The van der Waals surface area contributed by atoms with E-state index in [1.54, 1.807) is 17.0 Å². The van der Waals surface area contributed by atoms with E-state index in [1.165, 1.54) is 6.07 Å². The Morgan fingerprint density at radius 3 is 2.28 bits per heavy atom. The number of amides is 1. The van der Waals surface area contributed by atoms with Crippen LogP contribution in [-0.2, 0) is 21.5 Å². The molecule has 0 radical (unpaired) electrons. The van der Waals surface area contributed by atoms with Gasteiger partial charge in [-0.3, -0.25) is 4.79 Å². The number of hydrogen-bond donors (Lipinski definition) is 0. The molecule has 0 fully saturated rings. The van der Waals surface area contributed by atoms with E-state index in [4.69, 9.17) is 4.18 Å². The molecule has 0 saturated heterocycles. The second kappa shape index (κ2) is 8.95. The van der Waals surface area contributed by atoms with Gasteiger partial charge >= 0.3 is 10.1 Å². The second-order valence-corrected chi connectivity index (χ2v) is 10.0. The molecule has 158 valence electrons. The first-order chi connectivity index (χ1) is 13.4. The van der Waals surface area contributed by atoms with E-state index in [9.17, 15) is 17.6 Å². The zero-order valence-electron chi connectivity index (χ0n) is 17.5. The molecule has 0 spiro atoms. The maximum Gasteiger partial charge on any atom is 0.339 e. The summed E-state index contributed by atoms with van der Waals surface area (Å²) in [6.45, 7) is 10.3.